The van der Waals surface area contributed by atoms with E-state index in [1.165, 1.54) is 28.9 Å². The Labute approximate surface area is 163 Å². The second-order valence-electron chi connectivity index (χ2n) is 5.37. The molecule has 1 N–H and O–H groups in total. The highest BCUT2D eigenvalue weighted by molar-refractivity contribution is 7.16. The Bertz CT molecular complexity index is 889. The maximum absolute atomic E-state index is 12.5. The Morgan fingerprint density at radius 3 is 2.85 bits per heavy atom. The van der Waals surface area contributed by atoms with Gasteiger partial charge in [0.15, 0.2) is 10.9 Å². The van der Waals surface area contributed by atoms with Crippen LogP contribution in [-0.2, 0) is 17.8 Å². The molecule has 0 aliphatic heterocycles. The van der Waals surface area contributed by atoms with Gasteiger partial charge in [-0.2, -0.15) is 0 Å². The van der Waals surface area contributed by atoms with Crippen LogP contribution < -0.4 is 5.32 Å². The van der Waals surface area contributed by atoms with Crippen molar-refractivity contribution in [1.29, 1.82) is 0 Å². The molecular weight excluding hydrogens is 394 g/mol. The van der Waals surface area contributed by atoms with E-state index in [9.17, 15) is 9.59 Å². The summed E-state index contributed by atoms with van der Waals surface area (Å²) in [5.41, 5.74) is 0.623. The number of aromatic nitrogens is 1. The highest BCUT2D eigenvalue weighted by Crippen LogP contribution is 2.23. The summed E-state index contributed by atoms with van der Waals surface area (Å²) in [6, 6.07) is 6.96. The highest BCUT2D eigenvalue weighted by Gasteiger charge is 2.17. The topological polar surface area (TPSA) is 75.4 Å². The number of carbonyl (C=O) groups is 2. The van der Waals surface area contributed by atoms with E-state index in [1.54, 1.807) is 22.4 Å². The average molecular weight is 410 g/mol. The normalized spacial score (nSPS) is 10.7. The first kappa shape index (κ1) is 18.6. The summed E-state index contributed by atoms with van der Waals surface area (Å²) in [6.07, 6.45) is 1.61. The summed E-state index contributed by atoms with van der Waals surface area (Å²) in [7, 11) is 0. The van der Waals surface area contributed by atoms with E-state index < -0.39 is 0 Å². The van der Waals surface area contributed by atoms with Crippen molar-refractivity contribution in [2.75, 3.05) is 11.9 Å². The summed E-state index contributed by atoms with van der Waals surface area (Å²) >= 11 is 8.68. The summed E-state index contributed by atoms with van der Waals surface area (Å²) in [5.74, 6) is -0.178. The van der Waals surface area contributed by atoms with Gasteiger partial charge in [0.25, 0.3) is 5.91 Å². The molecule has 0 aliphatic rings. The maximum atomic E-state index is 12.5. The van der Waals surface area contributed by atoms with Gasteiger partial charge in [-0.05, 0) is 31.2 Å². The van der Waals surface area contributed by atoms with E-state index >= 15 is 0 Å². The van der Waals surface area contributed by atoms with Crippen LogP contribution in [0.2, 0.25) is 4.34 Å². The molecule has 26 heavy (non-hydrogen) atoms. The molecule has 136 valence electrons. The number of furan rings is 1. The van der Waals surface area contributed by atoms with Crippen LogP contribution in [0.5, 0.6) is 0 Å². The van der Waals surface area contributed by atoms with Crippen molar-refractivity contribution < 1.29 is 14.0 Å². The van der Waals surface area contributed by atoms with E-state index in [0.717, 1.165) is 4.88 Å². The summed E-state index contributed by atoms with van der Waals surface area (Å²) in [5, 5.41) is 4.86. The van der Waals surface area contributed by atoms with Gasteiger partial charge in [0.1, 0.15) is 0 Å². The van der Waals surface area contributed by atoms with Crippen LogP contribution in [0, 0.1) is 0 Å². The summed E-state index contributed by atoms with van der Waals surface area (Å²) in [4.78, 5) is 31.6. The van der Waals surface area contributed by atoms with Crippen LogP contribution >= 0.6 is 34.3 Å². The molecule has 0 radical (unpaired) electrons. The van der Waals surface area contributed by atoms with Crippen LogP contribution in [0.15, 0.2) is 40.3 Å². The standard InChI is InChI=1S/C17H16ClN3O3S2/c1-2-21(9-12-5-6-14(18)26-12)15(22)8-11-10-25-17(19-11)20-16(23)13-4-3-7-24-13/h3-7,10H,2,8-9H2,1H3,(H,19,20,23). The second kappa shape index (κ2) is 8.48. The van der Waals surface area contributed by atoms with Gasteiger partial charge in [0.2, 0.25) is 5.91 Å². The molecule has 0 aromatic carbocycles. The lowest BCUT2D eigenvalue weighted by atomic mass is 10.3. The molecule has 0 spiro atoms. The zero-order chi connectivity index (χ0) is 18.5. The minimum atomic E-state index is -0.369. The molecule has 0 atom stereocenters. The van der Waals surface area contributed by atoms with Gasteiger partial charge < -0.3 is 9.32 Å². The van der Waals surface area contributed by atoms with Crippen LogP contribution in [0.3, 0.4) is 0 Å². The molecule has 6 nitrogen and oxygen atoms in total. The van der Waals surface area contributed by atoms with Gasteiger partial charge in [-0.25, -0.2) is 4.98 Å². The third-order valence-electron chi connectivity index (χ3n) is 3.56. The first-order valence-corrected chi connectivity index (χ1v) is 9.93. The molecule has 0 saturated heterocycles. The number of likely N-dealkylation sites (N-methyl/N-ethyl adjacent to an activating group) is 1. The molecule has 0 saturated carbocycles. The van der Waals surface area contributed by atoms with Crippen molar-refractivity contribution in [3.8, 4) is 0 Å². The van der Waals surface area contributed by atoms with E-state index in [1.807, 2.05) is 19.1 Å². The fourth-order valence-corrected chi connectivity index (χ4v) is 4.09. The number of carbonyl (C=O) groups excluding carboxylic acids is 2. The van der Waals surface area contributed by atoms with Crippen molar-refractivity contribution in [2.45, 2.75) is 19.9 Å². The molecule has 3 rings (SSSR count). The van der Waals surface area contributed by atoms with Crippen molar-refractivity contribution in [2.24, 2.45) is 0 Å². The number of anilines is 1. The second-order valence-corrected chi connectivity index (χ2v) is 8.02. The molecular formula is C17H16ClN3O3S2. The SMILES string of the molecule is CCN(Cc1ccc(Cl)s1)C(=O)Cc1csc(NC(=O)c2ccco2)n1. The number of hydrogen-bond donors (Lipinski definition) is 1. The number of thiophene rings is 1. The minimum absolute atomic E-state index is 0.0220. The number of rotatable bonds is 7. The molecule has 0 fully saturated rings. The Hall–Kier alpha value is -2.16. The van der Waals surface area contributed by atoms with Crippen molar-refractivity contribution in [1.82, 2.24) is 9.88 Å². The predicted molar refractivity (Wildman–Crippen MR) is 103 cm³/mol. The van der Waals surface area contributed by atoms with Gasteiger partial charge in [-0.3, -0.25) is 14.9 Å². The molecule has 0 unspecified atom stereocenters. The van der Waals surface area contributed by atoms with Crippen LogP contribution in [-0.4, -0.2) is 28.2 Å². The zero-order valence-corrected chi connectivity index (χ0v) is 16.3. The third kappa shape index (κ3) is 4.72. The van der Waals surface area contributed by atoms with Gasteiger partial charge >= 0.3 is 0 Å². The van der Waals surface area contributed by atoms with E-state index in [0.29, 0.717) is 28.3 Å². The van der Waals surface area contributed by atoms with Gasteiger partial charge in [0, 0.05) is 16.8 Å². The lowest BCUT2D eigenvalue weighted by Crippen LogP contribution is -2.31. The quantitative estimate of drug-likeness (QED) is 0.631. The van der Waals surface area contributed by atoms with Crippen LogP contribution in [0.4, 0.5) is 5.13 Å². The van der Waals surface area contributed by atoms with E-state index in [2.05, 4.69) is 10.3 Å². The van der Waals surface area contributed by atoms with Crippen molar-refractivity contribution in [3.05, 3.63) is 56.6 Å². The molecule has 9 heteroatoms. The smallest absolute Gasteiger partial charge is 0.293 e. The fraction of sp³-hybridized carbons (Fsp3) is 0.235. The average Bonchev–Trinajstić information content (AvgIpc) is 3.35. The van der Waals surface area contributed by atoms with Gasteiger partial charge in [-0.1, -0.05) is 11.6 Å². The van der Waals surface area contributed by atoms with Gasteiger partial charge in [-0.15, -0.1) is 22.7 Å². The Morgan fingerprint density at radius 2 is 2.19 bits per heavy atom. The molecule has 0 bridgehead atoms. The van der Waals surface area contributed by atoms with Crippen LogP contribution in [0.25, 0.3) is 0 Å². The number of thiazole rings is 1. The molecule has 3 heterocycles. The maximum Gasteiger partial charge on any atom is 0.293 e. The highest BCUT2D eigenvalue weighted by atomic mass is 35.5. The van der Waals surface area contributed by atoms with Crippen molar-refractivity contribution in [3.63, 3.8) is 0 Å². The number of nitrogens with one attached hydrogen (secondary N) is 1. The van der Waals surface area contributed by atoms with Crippen molar-refractivity contribution >= 4 is 51.2 Å². The third-order valence-corrected chi connectivity index (χ3v) is 5.58. The number of nitrogens with zero attached hydrogens (tertiary/aromatic N) is 2. The molecule has 0 aliphatic carbocycles. The Morgan fingerprint density at radius 1 is 1.35 bits per heavy atom. The number of amides is 2. The lowest BCUT2D eigenvalue weighted by Gasteiger charge is -2.19. The van der Waals surface area contributed by atoms with Crippen LogP contribution in [0.1, 0.15) is 28.0 Å². The minimum Gasteiger partial charge on any atom is -0.459 e. The number of hydrogen-bond acceptors (Lipinski definition) is 6. The first-order valence-electron chi connectivity index (χ1n) is 7.86. The Kier molecular flexibility index (Phi) is 6.08. The lowest BCUT2D eigenvalue weighted by molar-refractivity contribution is -0.130. The fourth-order valence-electron chi connectivity index (χ4n) is 2.28. The first-order chi connectivity index (χ1) is 12.5. The largest absolute Gasteiger partial charge is 0.459 e. The monoisotopic (exact) mass is 409 g/mol. The van der Waals surface area contributed by atoms with Gasteiger partial charge in [0.05, 0.1) is 29.3 Å². The summed E-state index contributed by atoms with van der Waals surface area (Å²) in [6.45, 7) is 3.06. The summed E-state index contributed by atoms with van der Waals surface area (Å²) < 4.78 is 5.75. The predicted octanol–water partition coefficient (Wildman–Crippen LogP) is 4.29. The molecule has 3 aromatic heterocycles. The number of halogens is 1. The molecule has 3 aromatic rings. The molecule has 2 amide bonds. The Balaban J connectivity index is 1.58. The van der Waals surface area contributed by atoms with E-state index in [4.69, 9.17) is 16.0 Å². The zero-order valence-electron chi connectivity index (χ0n) is 13.9. The van der Waals surface area contributed by atoms with E-state index in [-0.39, 0.29) is 24.0 Å².